The predicted molar refractivity (Wildman–Crippen MR) is 93.9 cm³/mol. The van der Waals surface area contributed by atoms with Crippen LogP contribution in [0.4, 0.5) is 4.39 Å². The summed E-state index contributed by atoms with van der Waals surface area (Å²) in [6.45, 7) is 7.08. The molecule has 0 aliphatic heterocycles. The quantitative estimate of drug-likeness (QED) is 0.841. The van der Waals surface area contributed by atoms with Gasteiger partial charge in [-0.25, -0.2) is 9.18 Å². The molecule has 4 nitrogen and oxygen atoms in total. The fourth-order valence-corrected chi connectivity index (χ4v) is 2.33. The van der Waals surface area contributed by atoms with Gasteiger partial charge in [0, 0.05) is 0 Å². The minimum atomic E-state index is -0.729. The van der Waals surface area contributed by atoms with Crippen molar-refractivity contribution >= 4 is 11.9 Å². The molecule has 2 aromatic rings. The molecule has 0 aliphatic carbocycles. The average molecular weight is 343 g/mol. The highest BCUT2D eigenvalue weighted by atomic mass is 19.1. The van der Waals surface area contributed by atoms with Gasteiger partial charge in [-0.2, -0.15) is 0 Å². The molecule has 0 aromatic heterocycles. The second-order valence-electron chi connectivity index (χ2n) is 6.17. The van der Waals surface area contributed by atoms with Crippen molar-refractivity contribution in [2.75, 3.05) is 6.61 Å². The highest BCUT2D eigenvalue weighted by Crippen LogP contribution is 2.16. The zero-order valence-corrected chi connectivity index (χ0v) is 14.9. The number of hydrogen-bond donors (Lipinski definition) is 1. The van der Waals surface area contributed by atoms with Crippen LogP contribution in [0.2, 0.25) is 0 Å². The normalized spacial score (nSPS) is 11.7. The van der Waals surface area contributed by atoms with Gasteiger partial charge in [0.1, 0.15) is 5.82 Å². The lowest BCUT2D eigenvalue weighted by atomic mass is 10.0. The molecule has 0 aliphatic rings. The van der Waals surface area contributed by atoms with E-state index in [1.54, 1.807) is 6.92 Å². The third-order valence-corrected chi connectivity index (χ3v) is 4.15. The number of rotatable bonds is 5. The summed E-state index contributed by atoms with van der Waals surface area (Å²) >= 11 is 0. The maximum atomic E-state index is 13.5. The number of amides is 1. The molecule has 2 aromatic carbocycles. The van der Waals surface area contributed by atoms with Gasteiger partial charge in [0.15, 0.2) is 6.61 Å². The molecule has 1 atom stereocenters. The SMILES string of the molecule is Cc1ccc([C@H](C)NC(=O)COC(=O)c2ccc(C)c(F)c2)cc1C. The van der Waals surface area contributed by atoms with Crippen LogP contribution in [0.3, 0.4) is 0 Å². The van der Waals surface area contributed by atoms with Gasteiger partial charge in [-0.15, -0.1) is 0 Å². The number of esters is 1. The van der Waals surface area contributed by atoms with Crippen LogP contribution >= 0.6 is 0 Å². The van der Waals surface area contributed by atoms with Crippen molar-refractivity contribution in [2.45, 2.75) is 33.7 Å². The molecule has 1 amide bonds. The number of nitrogens with one attached hydrogen (secondary N) is 1. The molecular formula is C20H22FNO3. The van der Waals surface area contributed by atoms with Crippen molar-refractivity contribution in [3.8, 4) is 0 Å². The summed E-state index contributed by atoms with van der Waals surface area (Å²) in [6, 6.07) is 9.83. The maximum absolute atomic E-state index is 13.5. The first-order valence-corrected chi connectivity index (χ1v) is 8.07. The molecule has 5 heteroatoms. The number of benzene rings is 2. The fourth-order valence-electron chi connectivity index (χ4n) is 2.33. The largest absolute Gasteiger partial charge is 0.452 e. The Balaban J connectivity index is 1.90. The number of carbonyl (C=O) groups excluding carboxylic acids is 2. The zero-order valence-electron chi connectivity index (χ0n) is 14.9. The van der Waals surface area contributed by atoms with Crippen molar-refractivity contribution in [1.29, 1.82) is 0 Å². The third kappa shape index (κ3) is 4.89. The second kappa shape index (κ2) is 7.92. The average Bonchev–Trinajstić information content (AvgIpc) is 2.57. The van der Waals surface area contributed by atoms with Gasteiger partial charge in [-0.3, -0.25) is 4.79 Å². The minimum Gasteiger partial charge on any atom is -0.452 e. The van der Waals surface area contributed by atoms with Crippen LogP contribution in [0, 0.1) is 26.6 Å². The van der Waals surface area contributed by atoms with E-state index in [0.717, 1.165) is 17.2 Å². The van der Waals surface area contributed by atoms with Crippen LogP contribution in [0.5, 0.6) is 0 Å². The summed E-state index contributed by atoms with van der Waals surface area (Å²) in [6.07, 6.45) is 0. The molecule has 25 heavy (non-hydrogen) atoms. The van der Waals surface area contributed by atoms with E-state index in [0.29, 0.717) is 5.56 Å². The van der Waals surface area contributed by atoms with Crippen LogP contribution in [0.1, 0.15) is 45.6 Å². The van der Waals surface area contributed by atoms with Gasteiger partial charge in [-0.1, -0.05) is 24.3 Å². The lowest BCUT2D eigenvalue weighted by Gasteiger charge is -2.16. The van der Waals surface area contributed by atoms with E-state index in [1.165, 1.54) is 17.7 Å². The van der Waals surface area contributed by atoms with E-state index in [-0.39, 0.29) is 11.6 Å². The molecule has 0 spiro atoms. The number of carbonyl (C=O) groups is 2. The standard InChI is InChI=1S/C20H22FNO3/c1-12-5-7-16(9-14(12)3)15(4)22-19(23)11-25-20(24)17-8-6-13(2)18(21)10-17/h5-10,15H,11H2,1-4H3,(H,22,23)/t15-/m0/s1. The first-order chi connectivity index (χ1) is 11.8. The molecule has 2 rings (SSSR count). The molecule has 0 saturated carbocycles. The Hall–Kier alpha value is -2.69. The Morgan fingerprint density at radius 1 is 1.04 bits per heavy atom. The van der Waals surface area contributed by atoms with E-state index in [9.17, 15) is 14.0 Å². The van der Waals surface area contributed by atoms with Gasteiger partial charge in [0.2, 0.25) is 0 Å². The van der Waals surface area contributed by atoms with Gasteiger partial charge in [0.25, 0.3) is 5.91 Å². The van der Waals surface area contributed by atoms with E-state index < -0.39 is 24.3 Å². The van der Waals surface area contributed by atoms with Crippen molar-refractivity contribution in [3.05, 3.63) is 70.0 Å². The number of aryl methyl sites for hydroxylation is 3. The summed E-state index contributed by atoms with van der Waals surface area (Å²) < 4.78 is 18.4. The van der Waals surface area contributed by atoms with E-state index in [2.05, 4.69) is 5.32 Å². The lowest BCUT2D eigenvalue weighted by Crippen LogP contribution is -2.31. The van der Waals surface area contributed by atoms with E-state index in [1.807, 2.05) is 39.0 Å². The van der Waals surface area contributed by atoms with Crippen LogP contribution in [0.25, 0.3) is 0 Å². The lowest BCUT2D eigenvalue weighted by molar-refractivity contribution is -0.124. The number of hydrogen-bond acceptors (Lipinski definition) is 3. The zero-order chi connectivity index (χ0) is 18.6. The molecule has 0 saturated heterocycles. The van der Waals surface area contributed by atoms with E-state index in [4.69, 9.17) is 4.74 Å². The van der Waals surface area contributed by atoms with Gasteiger partial charge in [0.05, 0.1) is 11.6 Å². The molecule has 132 valence electrons. The second-order valence-corrected chi connectivity index (χ2v) is 6.17. The maximum Gasteiger partial charge on any atom is 0.338 e. The predicted octanol–water partition coefficient (Wildman–Crippen LogP) is 3.79. The van der Waals surface area contributed by atoms with Gasteiger partial charge >= 0.3 is 5.97 Å². The molecular weight excluding hydrogens is 321 g/mol. The molecule has 1 N–H and O–H groups in total. The van der Waals surface area contributed by atoms with E-state index >= 15 is 0 Å². The summed E-state index contributed by atoms with van der Waals surface area (Å²) in [4.78, 5) is 23.9. The Labute approximate surface area is 147 Å². The van der Waals surface area contributed by atoms with Crippen molar-refractivity contribution < 1.29 is 18.7 Å². The van der Waals surface area contributed by atoms with Crippen molar-refractivity contribution in [2.24, 2.45) is 0 Å². The minimum absolute atomic E-state index is 0.0816. The first-order valence-electron chi connectivity index (χ1n) is 8.07. The summed E-state index contributed by atoms with van der Waals surface area (Å²) in [5.41, 5.74) is 3.82. The Kier molecular flexibility index (Phi) is 5.91. The number of halogens is 1. The highest BCUT2D eigenvalue weighted by molar-refractivity contribution is 5.91. The molecule has 0 heterocycles. The summed E-state index contributed by atoms with van der Waals surface area (Å²) in [7, 11) is 0. The van der Waals surface area contributed by atoms with Gasteiger partial charge < -0.3 is 10.1 Å². The molecule has 0 bridgehead atoms. The highest BCUT2D eigenvalue weighted by Gasteiger charge is 2.14. The van der Waals surface area contributed by atoms with Crippen molar-refractivity contribution in [3.63, 3.8) is 0 Å². The Bertz CT molecular complexity index is 802. The van der Waals surface area contributed by atoms with Crippen LogP contribution in [0.15, 0.2) is 36.4 Å². The third-order valence-electron chi connectivity index (χ3n) is 4.15. The summed E-state index contributed by atoms with van der Waals surface area (Å²) in [5.74, 6) is -1.62. The molecule has 0 fully saturated rings. The Morgan fingerprint density at radius 3 is 2.36 bits per heavy atom. The Morgan fingerprint density at radius 2 is 1.72 bits per heavy atom. The number of ether oxygens (including phenoxy) is 1. The van der Waals surface area contributed by atoms with Crippen LogP contribution in [-0.4, -0.2) is 18.5 Å². The van der Waals surface area contributed by atoms with Crippen molar-refractivity contribution in [1.82, 2.24) is 5.32 Å². The fraction of sp³-hybridized carbons (Fsp3) is 0.300. The summed E-state index contributed by atoms with van der Waals surface area (Å²) in [5, 5.41) is 2.78. The topological polar surface area (TPSA) is 55.4 Å². The first kappa shape index (κ1) is 18.6. The van der Waals surface area contributed by atoms with Gasteiger partial charge in [-0.05, 0) is 62.1 Å². The molecule has 0 radical (unpaired) electrons. The smallest absolute Gasteiger partial charge is 0.338 e. The van der Waals surface area contributed by atoms with Crippen LogP contribution < -0.4 is 5.32 Å². The van der Waals surface area contributed by atoms with Crippen LogP contribution in [-0.2, 0) is 9.53 Å². The monoisotopic (exact) mass is 343 g/mol. The molecule has 0 unspecified atom stereocenters.